The Morgan fingerprint density at radius 2 is 2.12 bits per heavy atom. The van der Waals surface area contributed by atoms with E-state index in [2.05, 4.69) is 20.2 Å². The summed E-state index contributed by atoms with van der Waals surface area (Å²) in [5.74, 6) is 0.0278. The van der Waals surface area contributed by atoms with Crippen molar-refractivity contribution < 1.29 is 24.9 Å². The number of nitrogens with two attached hydrogens (primary N) is 2. The van der Waals surface area contributed by atoms with Crippen LogP contribution in [0, 0.1) is 0 Å². The first-order valence-electron chi connectivity index (χ1n) is 7.92. The van der Waals surface area contributed by atoms with Gasteiger partial charge in [-0.1, -0.05) is 0 Å². The Bertz CT molecular complexity index is 788. The van der Waals surface area contributed by atoms with Crippen molar-refractivity contribution in [3.63, 3.8) is 0 Å². The lowest BCUT2D eigenvalue weighted by Gasteiger charge is -2.14. The molecule has 2 aromatic heterocycles. The summed E-state index contributed by atoms with van der Waals surface area (Å²) in [6.45, 7) is 0. The number of ether oxygens (including phenoxy) is 1. The molecule has 1 aliphatic rings. The van der Waals surface area contributed by atoms with Crippen LogP contribution in [0.2, 0.25) is 0 Å². The van der Waals surface area contributed by atoms with Crippen molar-refractivity contribution in [3.8, 4) is 0 Å². The van der Waals surface area contributed by atoms with Gasteiger partial charge in [0.1, 0.15) is 36.2 Å². The predicted molar refractivity (Wildman–Crippen MR) is 93.3 cm³/mol. The van der Waals surface area contributed by atoms with Crippen molar-refractivity contribution >= 4 is 34.6 Å². The Morgan fingerprint density at radius 3 is 2.85 bits per heavy atom. The van der Waals surface area contributed by atoms with Crippen molar-refractivity contribution in [3.05, 3.63) is 12.0 Å². The maximum atomic E-state index is 10.7. The summed E-state index contributed by atoms with van der Waals surface area (Å²) in [6.07, 6.45) is -2.14. The number of nitrogens with zero attached hydrogens (tertiary/aromatic N) is 3. The zero-order valence-electron chi connectivity index (χ0n) is 13.6. The lowest BCUT2D eigenvalue weighted by Crippen LogP contribution is -2.32. The third kappa shape index (κ3) is 3.59. The van der Waals surface area contributed by atoms with E-state index in [1.807, 2.05) is 0 Å². The largest absolute Gasteiger partial charge is 0.480 e. The van der Waals surface area contributed by atoms with Crippen LogP contribution in [0.4, 0.5) is 5.82 Å². The Kier molecular flexibility index (Phi) is 5.58. The van der Waals surface area contributed by atoms with E-state index >= 15 is 0 Å². The number of aromatic nitrogens is 4. The molecule has 142 valence electrons. The second kappa shape index (κ2) is 7.72. The molecular weight excluding hydrogens is 364 g/mol. The van der Waals surface area contributed by atoms with Gasteiger partial charge in [0.15, 0.2) is 11.3 Å². The van der Waals surface area contributed by atoms with Gasteiger partial charge in [0.25, 0.3) is 0 Å². The Morgan fingerprint density at radius 1 is 1.35 bits per heavy atom. The number of thioether (sulfide) groups is 1. The standard InChI is InChI=1S/C14H20N6O5S/c15-5(14(23)24)1-2-26-3-6-10(21)11(22)12(25-6)8-7-9(20-19-8)13(16)18-4-17-7/h4-6,10-12,21-22H,1-3,15H2,(H,19,20)(H,23,24)(H2,16,17,18)/t5?,6-,10-,11-,12+/m1/s1. The van der Waals surface area contributed by atoms with Gasteiger partial charge < -0.3 is 31.5 Å². The molecule has 0 aliphatic carbocycles. The lowest BCUT2D eigenvalue weighted by atomic mass is 10.1. The normalized spacial score (nSPS) is 27.0. The summed E-state index contributed by atoms with van der Waals surface area (Å²) in [7, 11) is 0. The summed E-state index contributed by atoms with van der Waals surface area (Å²) in [4.78, 5) is 18.6. The number of H-pyrrole nitrogens is 1. The molecule has 1 fully saturated rings. The van der Waals surface area contributed by atoms with Gasteiger partial charge >= 0.3 is 5.97 Å². The first-order chi connectivity index (χ1) is 12.4. The molecule has 0 saturated carbocycles. The van der Waals surface area contributed by atoms with E-state index in [9.17, 15) is 15.0 Å². The highest BCUT2D eigenvalue weighted by molar-refractivity contribution is 7.99. The van der Waals surface area contributed by atoms with Crippen LogP contribution in [0.3, 0.4) is 0 Å². The van der Waals surface area contributed by atoms with Gasteiger partial charge in [-0.3, -0.25) is 9.89 Å². The van der Waals surface area contributed by atoms with Crippen molar-refractivity contribution in [2.24, 2.45) is 5.73 Å². The van der Waals surface area contributed by atoms with Crippen molar-refractivity contribution in [1.82, 2.24) is 20.2 Å². The van der Waals surface area contributed by atoms with Crippen LogP contribution in [-0.4, -0.2) is 77.3 Å². The number of aliphatic carboxylic acids is 1. The molecule has 2 aromatic rings. The number of fused-ring (bicyclic) bond motifs is 1. The minimum absolute atomic E-state index is 0.201. The number of nitrogen functional groups attached to an aromatic ring is 1. The molecule has 5 atom stereocenters. The molecule has 1 saturated heterocycles. The van der Waals surface area contributed by atoms with E-state index in [1.54, 1.807) is 0 Å². The zero-order valence-corrected chi connectivity index (χ0v) is 14.5. The second-order valence-corrected chi connectivity index (χ2v) is 7.13. The Hall–Kier alpha value is -1.99. The molecule has 0 bridgehead atoms. The summed E-state index contributed by atoms with van der Waals surface area (Å²) in [5, 5.41) is 36.1. The summed E-state index contributed by atoms with van der Waals surface area (Å²) in [5.41, 5.74) is 12.4. The maximum absolute atomic E-state index is 10.7. The molecule has 8 N–H and O–H groups in total. The Labute approximate surface area is 152 Å². The number of carboxylic acid groups (broad SMARTS) is 1. The topological polar surface area (TPSA) is 193 Å². The summed E-state index contributed by atoms with van der Waals surface area (Å²) < 4.78 is 5.79. The molecule has 0 amide bonds. The van der Waals surface area contributed by atoms with Gasteiger partial charge in [0, 0.05) is 5.75 Å². The molecule has 0 radical (unpaired) electrons. The number of rotatable bonds is 7. The van der Waals surface area contributed by atoms with Crippen molar-refractivity contribution in [1.29, 1.82) is 0 Å². The minimum atomic E-state index is -1.17. The van der Waals surface area contributed by atoms with Gasteiger partial charge in [-0.15, -0.1) is 0 Å². The fourth-order valence-electron chi connectivity index (χ4n) is 2.73. The number of aromatic amines is 1. The number of carbonyl (C=O) groups is 1. The van der Waals surface area contributed by atoms with Crippen molar-refractivity contribution in [2.45, 2.75) is 36.9 Å². The van der Waals surface area contributed by atoms with E-state index in [0.717, 1.165) is 0 Å². The fourth-order valence-corrected chi connectivity index (χ4v) is 3.82. The molecule has 0 spiro atoms. The van der Waals surface area contributed by atoms with E-state index in [0.29, 0.717) is 34.7 Å². The first kappa shape index (κ1) is 18.8. The number of aliphatic hydroxyl groups excluding tert-OH is 2. The number of nitrogens with one attached hydrogen (secondary N) is 1. The molecule has 12 heteroatoms. The van der Waals surface area contributed by atoms with Crippen LogP contribution >= 0.6 is 11.8 Å². The number of aliphatic hydroxyl groups is 2. The average Bonchev–Trinajstić information content (AvgIpc) is 3.15. The third-order valence-electron chi connectivity index (χ3n) is 4.21. The van der Waals surface area contributed by atoms with Crippen LogP contribution < -0.4 is 11.5 Å². The SMILES string of the molecule is Nc1ncnc2c([C@@H]3O[C@H](CSCCC(N)C(=O)O)[C@@H](O)[C@H]3O)[nH]nc12. The van der Waals surface area contributed by atoms with Gasteiger partial charge in [-0.05, 0) is 12.2 Å². The second-order valence-electron chi connectivity index (χ2n) is 5.98. The monoisotopic (exact) mass is 384 g/mol. The van der Waals surface area contributed by atoms with Crippen LogP contribution in [0.1, 0.15) is 18.2 Å². The van der Waals surface area contributed by atoms with E-state index in [1.165, 1.54) is 18.1 Å². The van der Waals surface area contributed by atoms with E-state index in [-0.39, 0.29) is 5.82 Å². The van der Waals surface area contributed by atoms with Gasteiger partial charge in [-0.2, -0.15) is 16.9 Å². The minimum Gasteiger partial charge on any atom is -0.480 e. The highest BCUT2D eigenvalue weighted by Crippen LogP contribution is 2.36. The third-order valence-corrected chi connectivity index (χ3v) is 5.30. The first-order valence-corrected chi connectivity index (χ1v) is 9.07. The lowest BCUT2D eigenvalue weighted by molar-refractivity contribution is -0.138. The van der Waals surface area contributed by atoms with Crippen LogP contribution in [-0.2, 0) is 9.53 Å². The molecule has 1 unspecified atom stereocenters. The molecule has 3 rings (SSSR count). The van der Waals surface area contributed by atoms with Gasteiger partial charge in [0.2, 0.25) is 0 Å². The zero-order chi connectivity index (χ0) is 18.8. The smallest absolute Gasteiger partial charge is 0.320 e. The van der Waals surface area contributed by atoms with Gasteiger partial charge in [0.05, 0.1) is 11.8 Å². The average molecular weight is 384 g/mol. The van der Waals surface area contributed by atoms with Crippen LogP contribution in [0.5, 0.6) is 0 Å². The molecule has 1 aliphatic heterocycles. The predicted octanol–water partition coefficient (Wildman–Crippen LogP) is -1.37. The molecule has 3 heterocycles. The fraction of sp³-hybridized carbons (Fsp3) is 0.571. The molecule has 0 aromatic carbocycles. The quantitative estimate of drug-likeness (QED) is 0.308. The molecule has 11 nitrogen and oxygen atoms in total. The number of hydrogen-bond donors (Lipinski definition) is 6. The Balaban J connectivity index is 1.64. The van der Waals surface area contributed by atoms with Crippen LogP contribution in [0.15, 0.2) is 6.33 Å². The van der Waals surface area contributed by atoms with Gasteiger partial charge in [-0.25, -0.2) is 9.97 Å². The highest BCUT2D eigenvalue weighted by Gasteiger charge is 2.44. The molecular formula is C14H20N6O5S. The molecule has 26 heavy (non-hydrogen) atoms. The maximum Gasteiger partial charge on any atom is 0.320 e. The summed E-state index contributed by atoms with van der Waals surface area (Å²) >= 11 is 1.40. The van der Waals surface area contributed by atoms with E-state index < -0.39 is 36.4 Å². The summed E-state index contributed by atoms with van der Waals surface area (Å²) in [6, 6.07) is -0.920. The number of hydrogen-bond acceptors (Lipinski definition) is 10. The number of carboxylic acids is 1. The van der Waals surface area contributed by atoms with Crippen LogP contribution in [0.25, 0.3) is 11.0 Å². The van der Waals surface area contributed by atoms with E-state index in [4.69, 9.17) is 21.3 Å². The highest BCUT2D eigenvalue weighted by atomic mass is 32.2. The number of anilines is 1. The van der Waals surface area contributed by atoms with Crippen molar-refractivity contribution in [2.75, 3.05) is 17.2 Å².